The Bertz CT molecular complexity index is 508. The van der Waals surface area contributed by atoms with Crippen LogP contribution in [-0.4, -0.2) is 58.1 Å². The first-order valence-corrected chi connectivity index (χ1v) is 8.45. The average molecular weight is 306 g/mol. The third kappa shape index (κ3) is 3.48. The largest absolute Gasteiger partial charge is 0.339 e. The molecule has 1 aromatic rings. The molecule has 0 bridgehead atoms. The Hall–Kier alpha value is -1.43. The van der Waals surface area contributed by atoms with Gasteiger partial charge in [-0.25, -0.2) is 0 Å². The maximum absolute atomic E-state index is 12.5. The van der Waals surface area contributed by atoms with Crippen LogP contribution in [0.1, 0.15) is 56.7 Å². The number of nitrogens with zero attached hydrogens (tertiary/aromatic N) is 4. The van der Waals surface area contributed by atoms with Crippen LogP contribution in [0.25, 0.3) is 0 Å². The summed E-state index contributed by atoms with van der Waals surface area (Å²) in [4.78, 5) is 21.1. The van der Waals surface area contributed by atoms with Crippen molar-refractivity contribution < 1.29 is 9.32 Å². The Morgan fingerprint density at radius 2 is 2.00 bits per heavy atom. The number of likely N-dealkylation sites (tertiary alicyclic amines) is 2. The van der Waals surface area contributed by atoms with Gasteiger partial charge < -0.3 is 9.42 Å². The van der Waals surface area contributed by atoms with E-state index in [-0.39, 0.29) is 0 Å². The predicted octanol–water partition coefficient (Wildman–Crippen LogP) is 1.96. The zero-order valence-corrected chi connectivity index (χ0v) is 13.6. The standard InChI is InChI=1S/C16H26N4O2/c1-12-5-3-4-8-20(12)15(21)11-19-9-6-14(7-10-19)16-17-13(2)18-22-16/h12,14H,3-11H2,1-2H3. The number of aryl methyl sites for hydroxylation is 1. The highest BCUT2D eigenvalue weighted by atomic mass is 16.5. The van der Waals surface area contributed by atoms with Gasteiger partial charge in [-0.15, -0.1) is 0 Å². The quantitative estimate of drug-likeness (QED) is 0.854. The molecule has 22 heavy (non-hydrogen) atoms. The van der Waals surface area contributed by atoms with Gasteiger partial charge in [0.05, 0.1) is 6.54 Å². The van der Waals surface area contributed by atoms with Crippen LogP contribution in [0, 0.1) is 6.92 Å². The molecule has 2 saturated heterocycles. The van der Waals surface area contributed by atoms with Gasteiger partial charge >= 0.3 is 0 Å². The zero-order valence-electron chi connectivity index (χ0n) is 13.6. The number of amides is 1. The Labute approximate surface area is 131 Å². The van der Waals surface area contributed by atoms with Crippen LogP contribution in [0.5, 0.6) is 0 Å². The summed E-state index contributed by atoms with van der Waals surface area (Å²) < 4.78 is 5.27. The second kappa shape index (κ2) is 6.77. The second-order valence-electron chi connectivity index (χ2n) is 6.66. The van der Waals surface area contributed by atoms with E-state index in [1.54, 1.807) is 0 Å². The van der Waals surface area contributed by atoms with Crippen LogP contribution in [-0.2, 0) is 4.79 Å². The fourth-order valence-corrected chi connectivity index (χ4v) is 3.57. The van der Waals surface area contributed by atoms with Crippen molar-refractivity contribution in [1.82, 2.24) is 19.9 Å². The van der Waals surface area contributed by atoms with Gasteiger partial charge in [0.25, 0.3) is 0 Å². The molecule has 2 fully saturated rings. The SMILES string of the molecule is Cc1noc(C2CCN(CC(=O)N3CCCCC3C)CC2)n1. The summed E-state index contributed by atoms with van der Waals surface area (Å²) in [7, 11) is 0. The lowest BCUT2D eigenvalue weighted by Gasteiger charge is -2.36. The third-order valence-electron chi connectivity index (χ3n) is 4.96. The van der Waals surface area contributed by atoms with E-state index in [0.717, 1.165) is 51.2 Å². The lowest BCUT2D eigenvalue weighted by atomic mass is 9.96. The molecule has 6 heteroatoms. The van der Waals surface area contributed by atoms with Crippen molar-refractivity contribution in [3.05, 3.63) is 11.7 Å². The predicted molar refractivity (Wildman–Crippen MR) is 82.5 cm³/mol. The van der Waals surface area contributed by atoms with E-state index in [4.69, 9.17) is 4.52 Å². The van der Waals surface area contributed by atoms with Crippen LogP contribution >= 0.6 is 0 Å². The Kier molecular flexibility index (Phi) is 4.76. The first-order valence-electron chi connectivity index (χ1n) is 8.45. The number of aromatic nitrogens is 2. The normalized spacial score (nSPS) is 24.6. The van der Waals surface area contributed by atoms with E-state index in [1.165, 1.54) is 6.42 Å². The molecule has 1 amide bonds. The minimum atomic E-state index is 0.291. The van der Waals surface area contributed by atoms with E-state index in [1.807, 2.05) is 6.92 Å². The first kappa shape index (κ1) is 15.5. The number of carbonyl (C=O) groups is 1. The molecule has 122 valence electrons. The van der Waals surface area contributed by atoms with Gasteiger partial charge in [-0.3, -0.25) is 9.69 Å². The van der Waals surface area contributed by atoms with Gasteiger partial charge in [0, 0.05) is 18.5 Å². The molecule has 0 aromatic carbocycles. The molecule has 3 heterocycles. The van der Waals surface area contributed by atoms with Crippen molar-refractivity contribution in [2.45, 2.75) is 57.9 Å². The Morgan fingerprint density at radius 1 is 1.23 bits per heavy atom. The van der Waals surface area contributed by atoms with Gasteiger partial charge in [0.15, 0.2) is 5.82 Å². The fraction of sp³-hybridized carbons (Fsp3) is 0.812. The molecule has 0 radical (unpaired) electrons. The number of carbonyl (C=O) groups excluding carboxylic acids is 1. The lowest BCUT2D eigenvalue weighted by molar-refractivity contribution is -0.135. The van der Waals surface area contributed by atoms with E-state index in [2.05, 4.69) is 26.9 Å². The van der Waals surface area contributed by atoms with Crippen LogP contribution < -0.4 is 0 Å². The van der Waals surface area contributed by atoms with Crippen LogP contribution in [0.2, 0.25) is 0 Å². The third-order valence-corrected chi connectivity index (χ3v) is 4.96. The van der Waals surface area contributed by atoms with Gasteiger partial charge in [0.1, 0.15) is 0 Å². The summed E-state index contributed by atoms with van der Waals surface area (Å²) in [5.41, 5.74) is 0. The van der Waals surface area contributed by atoms with Crippen molar-refractivity contribution >= 4 is 5.91 Å². The number of piperidine rings is 2. The van der Waals surface area contributed by atoms with Crippen LogP contribution in [0.15, 0.2) is 4.52 Å². The lowest BCUT2D eigenvalue weighted by Crippen LogP contribution is -2.48. The van der Waals surface area contributed by atoms with E-state index in [0.29, 0.717) is 30.2 Å². The molecule has 3 rings (SSSR count). The zero-order chi connectivity index (χ0) is 15.5. The monoisotopic (exact) mass is 306 g/mol. The van der Waals surface area contributed by atoms with Gasteiger partial charge in [0.2, 0.25) is 11.8 Å². The van der Waals surface area contributed by atoms with E-state index < -0.39 is 0 Å². The summed E-state index contributed by atoms with van der Waals surface area (Å²) >= 11 is 0. The number of hydrogen-bond donors (Lipinski definition) is 0. The van der Waals surface area contributed by atoms with E-state index >= 15 is 0 Å². The van der Waals surface area contributed by atoms with Crippen LogP contribution in [0.4, 0.5) is 0 Å². The first-order chi connectivity index (χ1) is 10.6. The molecular weight excluding hydrogens is 280 g/mol. The van der Waals surface area contributed by atoms with Crippen molar-refractivity contribution in [3.63, 3.8) is 0 Å². The van der Waals surface area contributed by atoms with Crippen molar-refractivity contribution in [2.24, 2.45) is 0 Å². The number of hydrogen-bond acceptors (Lipinski definition) is 5. The fourth-order valence-electron chi connectivity index (χ4n) is 3.57. The van der Waals surface area contributed by atoms with Gasteiger partial charge in [-0.1, -0.05) is 5.16 Å². The highest BCUT2D eigenvalue weighted by Crippen LogP contribution is 2.27. The molecule has 2 aliphatic heterocycles. The molecule has 0 aliphatic carbocycles. The molecule has 1 atom stereocenters. The molecule has 2 aliphatic rings. The molecule has 0 spiro atoms. The summed E-state index contributed by atoms with van der Waals surface area (Å²) in [6.07, 6.45) is 5.52. The molecule has 1 aromatic heterocycles. The van der Waals surface area contributed by atoms with Crippen molar-refractivity contribution in [3.8, 4) is 0 Å². The van der Waals surface area contributed by atoms with E-state index in [9.17, 15) is 4.79 Å². The summed E-state index contributed by atoms with van der Waals surface area (Å²) in [5.74, 6) is 2.10. The second-order valence-corrected chi connectivity index (χ2v) is 6.66. The molecule has 1 unspecified atom stereocenters. The van der Waals surface area contributed by atoms with Gasteiger partial charge in [-0.05, 0) is 59.0 Å². The molecule has 0 saturated carbocycles. The van der Waals surface area contributed by atoms with Gasteiger partial charge in [-0.2, -0.15) is 4.98 Å². The molecule has 6 nitrogen and oxygen atoms in total. The molecule has 0 N–H and O–H groups in total. The maximum atomic E-state index is 12.5. The summed E-state index contributed by atoms with van der Waals surface area (Å²) in [6, 6.07) is 0.403. The minimum Gasteiger partial charge on any atom is -0.339 e. The summed E-state index contributed by atoms with van der Waals surface area (Å²) in [5, 5.41) is 3.87. The highest BCUT2D eigenvalue weighted by Gasteiger charge is 2.28. The number of rotatable bonds is 3. The van der Waals surface area contributed by atoms with Crippen molar-refractivity contribution in [2.75, 3.05) is 26.2 Å². The highest BCUT2D eigenvalue weighted by molar-refractivity contribution is 5.78. The average Bonchev–Trinajstić information content (AvgIpc) is 2.95. The topological polar surface area (TPSA) is 62.5 Å². The molecular formula is C16H26N4O2. The smallest absolute Gasteiger partial charge is 0.236 e. The minimum absolute atomic E-state index is 0.291. The van der Waals surface area contributed by atoms with Crippen molar-refractivity contribution in [1.29, 1.82) is 0 Å². The van der Waals surface area contributed by atoms with Crippen LogP contribution in [0.3, 0.4) is 0 Å². The Morgan fingerprint density at radius 3 is 2.64 bits per heavy atom. The Balaban J connectivity index is 1.48. The summed E-state index contributed by atoms with van der Waals surface area (Å²) in [6.45, 7) is 7.36. The maximum Gasteiger partial charge on any atom is 0.236 e.